The quantitative estimate of drug-likeness (QED) is 0.598. The summed E-state index contributed by atoms with van der Waals surface area (Å²) >= 11 is 3.39. The predicted octanol–water partition coefficient (Wildman–Crippen LogP) is 2.93. The zero-order valence-corrected chi connectivity index (χ0v) is 11.8. The number of likely N-dealkylation sites (N-methyl/N-ethyl adjacent to an activating group) is 1. The third kappa shape index (κ3) is 4.03. The third-order valence-corrected chi connectivity index (χ3v) is 3.17. The summed E-state index contributed by atoms with van der Waals surface area (Å²) in [6, 6.07) is 8.17. The highest BCUT2D eigenvalue weighted by molar-refractivity contribution is 9.08. The molecule has 1 aromatic carbocycles. The monoisotopic (exact) mass is 296 g/mol. The van der Waals surface area contributed by atoms with Gasteiger partial charge in [0, 0.05) is 25.5 Å². The maximum absolute atomic E-state index is 9.14. The van der Waals surface area contributed by atoms with Crippen molar-refractivity contribution >= 4 is 21.6 Å². The molecular formula is C13H17BrN2O. The second kappa shape index (κ2) is 7.31. The molecule has 1 aromatic rings. The van der Waals surface area contributed by atoms with E-state index in [1.54, 1.807) is 0 Å². The predicted molar refractivity (Wildman–Crippen MR) is 73.6 cm³/mol. The normalized spacial score (nSPS) is 10.0. The molecule has 0 aliphatic heterocycles. The summed E-state index contributed by atoms with van der Waals surface area (Å²) in [5.74, 6) is 0. The minimum absolute atomic E-state index is 0.679. The number of alkyl halides is 1. The van der Waals surface area contributed by atoms with Crippen molar-refractivity contribution in [2.45, 2.75) is 12.3 Å². The van der Waals surface area contributed by atoms with E-state index < -0.39 is 0 Å². The standard InChI is InChI=1S/C13H17BrN2O/c1-3-17-7-6-16(2)13-5-4-11(9-14)8-12(13)10-15/h4-5,8H,3,6-7,9H2,1-2H3. The fourth-order valence-electron chi connectivity index (χ4n) is 1.56. The smallest absolute Gasteiger partial charge is 0.101 e. The van der Waals surface area contributed by atoms with Crippen molar-refractivity contribution in [1.82, 2.24) is 0 Å². The zero-order chi connectivity index (χ0) is 12.7. The number of hydrogen-bond acceptors (Lipinski definition) is 3. The molecule has 0 N–H and O–H groups in total. The topological polar surface area (TPSA) is 36.3 Å². The highest BCUT2D eigenvalue weighted by Crippen LogP contribution is 2.21. The van der Waals surface area contributed by atoms with Gasteiger partial charge in [-0.1, -0.05) is 22.0 Å². The van der Waals surface area contributed by atoms with Gasteiger partial charge in [-0.25, -0.2) is 0 Å². The second-order valence-electron chi connectivity index (χ2n) is 3.72. The molecular weight excluding hydrogens is 280 g/mol. The van der Waals surface area contributed by atoms with Crippen LogP contribution >= 0.6 is 15.9 Å². The number of benzene rings is 1. The van der Waals surface area contributed by atoms with Crippen LogP contribution in [-0.4, -0.2) is 26.8 Å². The Labute approximate surface area is 111 Å². The number of anilines is 1. The van der Waals surface area contributed by atoms with Crippen LogP contribution in [0.1, 0.15) is 18.1 Å². The molecule has 1 rings (SSSR count). The lowest BCUT2D eigenvalue weighted by Gasteiger charge is -2.20. The molecule has 0 aromatic heterocycles. The fourth-order valence-corrected chi connectivity index (χ4v) is 1.90. The molecule has 4 heteroatoms. The van der Waals surface area contributed by atoms with Crippen LogP contribution in [0.5, 0.6) is 0 Å². The van der Waals surface area contributed by atoms with Gasteiger partial charge < -0.3 is 9.64 Å². The molecule has 17 heavy (non-hydrogen) atoms. The van der Waals surface area contributed by atoms with E-state index in [0.717, 1.165) is 29.7 Å². The van der Waals surface area contributed by atoms with Gasteiger partial charge >= 0.3 is 0 Å². The Kier molecular flexibility index (Phi) is 6.03. The van der Waals surface area contributed by atoms with Crippen molar-refractivity contribution in [2.24, 2.45) is 0 Å². The summed E-state index contributed by atoms with van der Waals surface area (Å²) in [5.41, 5.74) is 2.78. The summed E-state index contributed by atoms with van der Waals surface area (Å²) in [6.07, 6.45) is 0. The van der Waals surface area contributed by atoms with E-state index in [1.807, 2.05) is 37.1 Å². The summed E-state index contributed by atoms with van der Waals surface area (Å²) in [7, 11) is 1.98. The van der Waals surface area contributed by atoms with Gasteiger partial charge in [-0.05, 0) is 24.6 Å². The molecule has 0 unspecified atom stereocenters. The van der Waals surface area contributed by atoms with Gasteiger partial charge in [0.1, 0.15) is 6.07 Å². The van der Waals surface area contributed by atoms with Gasteiger partial charge in [-0.2, -0.15) is 5.26 Å². The number of ether oxygens (including phenoxy) is 1. The molecule has 0 aliphatic rings. The second-order valence-corrected chi connectivity index (χ2v) is 4.28. The first-order chi connectivity index (χ1) is 8.22. The first kappa shape index (κ1) is 14.0. The Morgan fingerprint density at radius 3 is 2.82 bits per heavy atom. The molecule has 0 amide bonds. The van der Waals surface area contributed by atoms with Crippen molar-refractivity contribution in [3.8, 4) is 6.07 Å². The third-order valence-electron chi connectivity index (χ3n) is 2.52. The Balaban J connectivity index is 2.79. The molecule has 0 spiro atoms. The Morgan fingerprint density at radius 1 is 1.47 bits per heavy atom. The van der Waals surface area contributed by atoms with Gasteiger partial charge in [-0.3, -0.25) is 0 Å². The van der Waals surface area contributed by atoms with Crippen LogP contribution in [0.25, 0.3) is 0 Å². The number of hydrogen-bond donors (Lipinski definition) is 0. The summed E-state index contributed by atoms with van der Waals surface area (Å²) in [6.45, 7) is 4.17. The molecule has 0 atom stereocenters. The molecule has 0 saturated carbocycles. The van der Waals surface area contributed by atoms with E-state index in [9.17, 15) is 0 Å². The Morgan fingerprint density at radius 2 is 2.24 bits per heavy atom. The highest BCUT2D eigenvalue weighted by atomic mass is 79.9. The van der Waals surface area contributed by atoms with Crippen molar-refractivity contribution in [1.29, 1.82) is 5.26 Å². The van der Waals surface area contributed by atoms with Crippen LogP contribution in [0.3, 0.4) is 0 Å². The van der Waals surface area contributed by atoms with E-state index in [0.29, 0.717) is 12.2 Å². The largest absolute Gasteiger partial charge is 0.380 e. The van der Waals surface area contributed by atoms with E-state index in [-0.39, 0.29) is 0 Å². The molecule has 0 fully saturated rings. The van der Waals surface area contributed by atoms with Gasteiger partial charge in [0.05, 0.1) is 17.9 Å². The first-order valence-electron chi connectivity index (χ1n) is 5.60. The summed E-state index contributed by atoms with van der Waals surface area (Å²) < 4.78 is 5.31. The molecule has 92 valence electrons. The lowest BCUT2D eigenvalue weighted by atomic mass is 10.1. The van der Waals surface area contributed by atoms with Crippen molar-refractivity contribution in [2.75, 3.05) is 31.7 Å². The Bertz CT molecular complexity index is 401. The average molecular weight is 297 g/mol. The molecule has 0 radical (unpaired) electrons. The van der Waals surface area contributed by atoms with Crippen molar-refractivity contribution in [3.05, 3.63) is 29.3 Å². The van der Waals surface area contributed by atoms with Crippen LogP contribution in [0, 0.1) is 11.3 Å². The molecule has 0 saturated heterocycles. The maximum Gasteiger partial charge on any atom is 0.101 e. The zero-order valence-electron chi connectivity index (χ0n) is 10.2. The molecule has 3 nitrogen and oxygen atoms in total. The van der Waals surface area contributed by atoms with E-state index in [1.165, 1.54) is 0 Å². The lowest BCUT2D eigenvalue weighted by molar-refractivity contribution is 0.154. The molecule has 0 aliphatic carbocycles. The molecule has 0 bridgehead atoms. The van der Waals surface area contributed by atoms with Crippen molar-refractivity contribution in [3.63, 3.8) is 0 Å². The van der Waals surface area contributed by atoms with E-state index in [2.05, 4.69) is 22.0 Å². The van der Waals surface area contributed by atoms with Gasteiger partial charge in [0.2, 0.25) is 0 Å². The van der Waals surface area contributed by atoms with Gasteiger partial charge in [-0.15, -0.1) is 0 Å². The highest BCUT2D eigenvalue weighted by Gasteiger charge is 2.07. The summed E-state index contributed by atoms with van der Waals surface area (Å²) in [4.78, 5) is 2.05. The van der Waals surface area contributed by atoms with E-state index >= 15 is 0 Å². The average Bonchev–Trinajstić information content (AvgIpc) is 2.38. The minimum Gasteiger partial charge on any atom is -0.380 e. The summed E-state index contributed by atoms with van der Waals surface area (Å²) in [5, 5.41) is 9.90. The number of rotatable bonds is 6. The van der Waals surface area contributed by atoms with Crippen LogP contribution in [-0.2, 0) is 10.1 Å². The van der Waals surface area contributed by atoms with Crippen LogP contribution in [0.4, 0.5) is 5.69 Å². The fraction of sp³-hybridized carbons (Fsp3) is 0.462. The number of nitrogens with zero attached hydrogens (tertiary/aromatic N) is 2. The first-order valence-corrected chi connectivity index (χ1v) is 6.73. The van der Waals surface area contributed by atoms with Gasteiger partial charge in [0.15, 0.2) is 0 Å². The number of halogens is 1. The van der Waals surface area contributed by atoms with Crippen LogP contribution in [0.2, 0.25) is 0 Å². The molecule has 0 heterocycles. The number of nitriles is 1. The SMILES string of the molecule is CCOCCN(C)c1ccc(CBr)cc1C#N. The lowest BCUT2D eigenvalue weighted by Crippen LogP contribution is -2.23. The maximum atomic E-state index is 9.14. The van der Waals surface area contributed by atoms with Crippen LogP contribution < -0.4 is 4.90 Å². The Hall–Kier alpha value is -1.05. The minimum atomic E-state index is 0.679. The van der Waals surface area contributed by atoms with E-state index in [4.69, 9.17) is 10.00 Å². The van der Waals surface area contributed by atoms with Gasteiger partial charge in [0.25, 0.3) is 0 Å². The van der Waals surface area contributed by atoms with Crippen molar-refractivity contribution < 1.29 is 4.74 Å². The van der Waals surface area contributed by atoms with Crippen LogP contribution in [0.15, 0.2) is 18.2 Å².